The lowest BCUT2D eigenvalue weighted by Crippen LogP contribution is -2.27. The van der Waals surface area contributed by atoms with E-state index >= 15 is 0 Å². The summed E-state index contributed by atoms with van der Waals surface area (Å²) in [5.41, 5.74) is 1.47. The van der Waals surface area contributed by atoms with Gasteiger partial charge in [-0.25, -0.2) is 13.6 Å². The number of hydrogen-bond donors (Lipinski definition) is 2. The van der Waals surface area contributed by atoms with Gasteiger partial charge in [0.25, 0.3) is 0 Å². The van der Waals surface area contributed by atoms with E-state index in [-0.39, 0.29) is 0 Å². The van der Waals surface area contributed by atoms with Gasteiger partial charge in [0, 0.05) is 14.6 Å². The van der Waals surface area contributed by atoms with Crippen LogP contribution in [0.1, 0.15) is 5.56 Å². The zero-order chi connectivity index (χ0) is 13.2. The number of halogens is 2. The van der Waals surface area contributed by atoms with E-state index in [0.29, 0.717) is 5.69 Å². The zero-order valence-electron chi connectivity index (χ0n) is 8.83. The van der Waals surface area contributed by atoms with Crippen LogP contribution in [0.5, 0.6) is 0 Å². The van der Waals surface area contributed by atoms with Crippen LogP contribution in [-0.4, -0.2) is 20.1 Å². The summed E-state index contributed by atoms with van der Waals surface area (Å²) in [6.45, 7) is 1.89. The van der Waals surface area contributed by atoms with Crippen LogP contribution in [0.25, 0.3) is 0 Å². The Bertz CT molecular complexity index is 534. The maximum absolute atomic E-state index is 11.3. The molecule has 0 spiro atoms. The Kier molecular flexibility index (Phi) is 4.70. The number of sulfonamides is 1. The van der Waals surface area contributed by atoms with E-state index in [1.807, 2.05) is 6.92 Å². The van der Waals surface area contributed by atoms with Crippen molar-refractivity contribution in [2.24, 2.45) is 5.14 Å². The van der Waals surface area contributed by atoms with Gasteiger partial charge in [0.2, 0.25) is 15.9 Å². The average molecular weight is 386 g/mol. The molecule has 0 saturated carbocycles. The van der Waals surface area contributed by atoms with E-state index in [9.17, 15) is 13.2 Å². The molecule has 0 fully saturated rings. The Labute approximate surface area is 116 Å². The highest BCUT2D eigenvalue weighted by atomic mass is 79.9. The molecule has 0 aromatic heterocycles. The standard InChI is InChI=1S/C9H10Br2N2O3S/c1-5-7(10)2-6(3-8(5)11)13-9(14)4-17(12,15)16/h2-3H,4H2,1H3,(H,13,14)(H2,12,15,16). The van der Waals surface area contributed by atoms with E-state index in [2.05, 4.69) is 37.2 Å². The van der Waals surface area contributed by atoms with Crippen LogP contribution in [0, 0.1) is 6.92 Å². The van der Waals surface area contributed by atoms with Gasteiger partial charge in [-0.2, -0.15) is 0 Å². The van der Waals surface area contributed by atoms with Crippen LogP contribution < -0.4 is 10.5 Å². The third kappa shape index (κ3) is 4.74. The fraction of sp³-hybridized carbons (Fsp3) is 0.222. The van der Waals surface area contributed by atoms with Crippen LogP contribution in [0.4, 0.5) is 5.69 Å². The second-order valence-corrected chi connectivity index (χ2v) is 6.74. The SMILES string of the molecule is Cc1c(Br)cc(NC(=O)CS(N)(=O)=O)cc1Br. The van der Waals surface area contributed by atoms with Gasteiger partial charge in [-0.1, -0.05) is 31.9 Å². The molecule has 94 valence electrons. The second-order valence-electron chi connectivity index (χ2n) is 3.42. The first-order valence-corrected chi connectivity index (χ1v) is 7.75. The number of rotatable bonds is 3. The number of carbonyl (C=O) groups excluding carboxylic acids is 1. The van der Waals surface area contributed by atoms with Crippen LogP contribution in [0.15, 0.2) is 21.1 Å². The number of primary sulfonamides is 1. The van der Waals surface area contributed by atoms with Crippen molar-refractivity contribution in [3.05, 3.63) is 26.6 Å². The number of anilines is 1. The van der Waals surface area contributed by atoms with E-state index in [1.165, 1.54) is 0 Å². The van der Waals surface area contributed by atoms with Crippen LogP contribution in [-0.2, 0) is 14.8 Å². The summed E-state index contributed by atoms with van der Waals surface area (Å²) >= 11 is 6.65. The van der Waals surface area contributed by atoms with Crippen molar-refractivity contribution in [2.75, 3.05) is 11.1 Å². The van der Waals surface area contributed by atoms with E-state index in [0.717, 1.165) is 14.5 Å². The van der Waals surface area contributed by atoms with Crippen LogP contribution >= 0.6 is 31.9 Å². The molecule has 3 N–H and O–H groups in total. The highest BCUT2D eigenvalue weighted by Crippen LogP contribution is 2.28. The monoisotopic (exact) mass is 384 g/mol. The Hall–Kier alpha value is -0.440. The van der Waals surface area contributed by atoms with Crippen LogP contribution in [0.2, 0.25) is 0 Å². The molecule has 0 atom stereocenters. The summed E-state index contributed by atoms with van der Waals surface area (Å²) in [4.78, 5) is 11.3. The zero-order valence-corrected chi connectivity index (χ0v) is 12.8. The minimum absolute atomic E-state index is 0.489. The number of hydrogen-bond acceptors (Lipinski definition) is 3. The van der Waals surface area contributed by atoms with Gasteiger partial charge >= 0.3 is 0 Å². The number of benzene rings is 1. The smallest absolute Gasteiger partial charge is 0.240 e. The van der Waals surface area contributed by atoms with Gasteiger partial charge in [0.15, 0.2) is 0 Å². The summed E-state index contributed by atoms with van der Waals surface area (Å²) in [5, 5.41) is 7.22. The topological polar surface area (TPSA) is 89.3 Å². The van der Waals surface area contributed by atoms with Gasteiger partial charge in [0.05, 0.1) is 0 Å². The minimum atomic E-state index is -3.81. The Morgan fingerprint density at radius 3 is 2.24 bits per heavy atom. The first kappa shape index (κ1) is 14.6. The molecular weight excluding hydrogens is 376 g/mol. The summed E-state index contributed by atoms with van der Waals surface area (Å²) in [5.74, 6) is -1.41. The van der Waals surface area contributed by atoms with E-state index < -0.39 is 21.7 Å². The Balaban J connectivity index is 2.86. The first-order valence-electron chi connectivity index (χ1n) is 4.45. The number of nitrogens with one attached hydrogen (secondary N) is 1. The molecule has 0 aliphatic rings. The van der Waals surface area contributed by atoms with Crippen molar-refractivity contribution >= 4 is 53.5 Å². The van der Waals surface area contributed by atoms with Gasteiger partial charge in [0.1, 0.15) is 5.75 Å². The van der Waals surface area contributed by atoms with Crippen molar-refractivity contribution in [2.45, 2.75) is 6.92 Å². The summed E-state index contributed by atoms with van der Waals surface area (Å²) in [6, 6.07) is 3.36. The summed E-state index contributed by atoms with van der Waals surface area (Å²) in [7, 11) is -3.81. The van der Waals surface area contributed by atoms with Gasteiger partial charge in [-0.05, 0) is 24.6 Å². The van der Waals surface area contributed by atoms with Crippen molar-refractivity contribution in [1.82, 2.24) is 0 Å². The molecule has 0 saturated heterocycles. The van der Waals surface area contributed by atoms with Gasteiger partial charge < -0.3 is 5.32 Å². The molecule has 1 aromatic rings. The summed E-state index contributed by atoms with van der Waals surface area (Å²) < 4.78 is 23.0. The Morgan fingerprint density at radius 2 is 1.82 bits per heavy atom. The molecular formula is C9H10Br2N2O3S. The third-order valence-corrected chi connectivity index (χ3v) is 4.21. The predicted octanol–water partition coefficient (Wildman–Crippen LogP) is 1.75. The van der Waals surface area contributed by atoms with E-state index in [4.69, 9.17) is 5.14 Å². The molecule has 0 aliphatic carbocycles. The average Bonchev–Trinajstić information content (AvgIpc) is 2.10. The van der Waals surface area contributed by atoms with Crippen molar-refractivity contribution < 1.29 is 13.2 Å². The highest BCUT2D eigenvalue weighted by molar-refractivity contribution is 9.11. The van der Waals surface area contributed by atoms with Crippen molar-refractivity contribution in [1.29, 1.82) is 0 Å². The molecule has 1 amide bonds. The molecule has 5 nitrogen and oxygen atoms in total. The maximum Gasteiger partial charge on any atom is 0.240 e. The largest absolute Gasteiger partial charge is 0.325 e. The number of amides is 1. The minimum Gasteiger partial charge on any atom is -0.325 e. The third-order valence-electron chi connectivity index (χ3n) is 1.90. The normalized spacial score (nSPS) is 11.3. The number of nitrogens with two attached hydrogens (primary N) is 1. The number of carbonyl (C=O) groups is 1. The first-order chi connectivity index (χ1) is 7.69. The molecule has 0 radical (unpaired) electrons. The molecule has 1 aromatic carbocycles. The lowest BCUT2D eigenvalue weighted by molar-refractivity contribution is -0.113. The lowest BCUT2D eigenvalue weighted by Gasteiger charge is -2.08. The van der Waals surface area contributed by atoms with Gasteiger partial charge in [-0.15, -0.1) is 0 Å². The van der Waals surface area contributed by atoms with Gasteiger partial charge in [-0.3, -0.25) is 4.79 Å². The molecule has 0 bridgehead atoms. The van der Waals surface area contributed by atoms with Crippen LogP contribution in [0.3, 0.4) is 0 Å². The lowest BCUT2D eigenvalue weighted by atomic mass is 10.2. The fourth-order valence-electron chi connectivity index (χ4n) is 1.10. The highest BCUT2D eigenvalue weighted by Gasteiger charge is 2.12. The summed E-state index contributed by atoms with van der Waals surface area (Å²) in [6.07, 6.45) is 0. The maximum atomic E-state index is 11.3. The molecule has 1 rings (SSSR count). The van der Waals surface area contributed by atoms with E-state index in [1.54, 1.807) is 12.1 Å². The molecule has 0 aliphatic heterocycles. The second kappa shape index (κ2) is 5.47. The van der Waals surface area contributed by atoms with Crippen molar-refractivity contribution in [3.8, 4) is 0 Å². The van der Waals surface area contributed by atoms with Crippen molar-refractivity contribution in [3.63, 3.8) is 0 Å². The molecule has 17 heavy (non-hydrogen) atoms. The fourth-order valence-corrected chi connectivity index (χ4v) is 2.72. The predicted molar refractivity (Wildman–Crippen MR) is 73.2 cm³/mol. The quantitative estimate of drug-likeness (QED) is 0.830. The molecule has 0 unspecified atom stereocenters. The molecule has 8 heteroatoms. The molecule has 0 heterocycles. The Morgan fingerprint density at radius 1 is 1.35 bits per heavy atom.